The van der Waals surface area contributed by atoms with E-state index in [0.29, 0.717) is 19.4 Å². The van der Waals surface area contributed by atoms with Crippen LogP contribution in [0.25, 0.3) is 0 Å². The van der Waals surface area contributed by atoms with Crippen LogP contribution in [0.15, 0.2) is 0 Å². The summed E-state index contributed by atoms with van der Waals surface area (Å²) < 4.78 is 0. The highest BCUT2D eigenvalue weighted by molar-refractivity contribution is 7.80. The average Bonchev–Trinajstić information content (AvgIpc) is 2.26. The largest absolute Gasteiger partial charge is 0.283 e. The molecule has 0 atom stereocenters. The van der Waals surface area contributed by atoms with Crippen molar-refractivity contribution in [3.63, 3.8) is 0 Å². The summed E-state index contributed by atoms with van der Waals surface area (Å²) in [6.45, 7) is 0.543. The Balaban J connectivity index is 2.53. The van der Waals surface area contributed by atoms with Gasteiger partial charge in [-0.15, -0.1) is 0 Å². The fourth-order valence-corrected chi connectivity index (χ4v) is 1.58. The maximum atomic E-state index is 11.4. The third kappa shape index (κ3) is 3.03. The number of rotatable bonds is 3. The molecule has 0 saturated carbocycles. The van der Waals surface area contributed by atoms with Crippen molar-refractivity contribution >= 4 is 24.4 Å². The van der Waals surface area contributed by atoms with Crippen LogP contribution < -0.4 is 0 Å². The van der Waals surface area contributed by atoms with E-state index >= 15 is 0 Å². The lowest BCUT2D eigenvalue weighted by Gasteiger charge is -2.17. The molecule has 1 rings (SSSR count). The van der Waals surface area contributed by atoms with Gasteiger partial charge in [0.25, 0.3) is 0 Å². The first-order chi connectivity index (χ1) is 6.25. The quantitative estimate of drug-likeness (QED) is 0.551. The molecule has 0 N–H and O–H groups in total. The van der Waals surface area contributed by atoms with Gasteiger partial charge in [-0.05, 0) is 25.0 Å². The zero-order valence-corrected chi connectivity index (χ0v) is 8.56. The lowest BCUT2D eigenvalue weighted by Crippen LogP contribution is -2.36. The second kappa shape index (κ2) is 5.27. The molecule has 74 valence electrons. The third-order valence-corrected chi connectivity index (χ3v) is 2.49. The molecule has 0 bridgehead atoms. The number of hydrogen-bond donors (Lipinski definition) is 1. The Morgan fingerprint density at radius 2 is 1.69 bits per heavy atom. The molecule has 0 aromatic carbocycles. The topological polar surface area (TPSA) is 37.4 Å². The molecule has 0 aromatic heterocycles. The highest BCUT2D eigenvalue weighted by Crippen LogP contribution is 2.12. The summed E-state index contributed by atoms with van der Waals surface area (Å²) in [5, 5.41) is 0. The van der Waals surface area contributed by atoms with Gasteiger partial charge in [0.1, 0.15) is 0 Å². The van der Waals surface area contributed by atoms with Gasteiger partial charge >= 0.3 is 0 Å². The summed E-state index contributed by atoms with van der Waals surface area (Å²) in [6, 6.07) is 0. The zero-order valence-electron chi connectivity index (χ0n) is 7.66. The summed E-state index contributed by atoms with van der Waals surface area (Å²) in [4.78, 5) is 24.2. The zero-order chi connectivity index (χ0) is 9.68. The lowest BCUT2D eigenvalue weighted by atomic mass is 10.2. The molecule has 0 aromatic rings. The van der Waals surface area contributed by atoms with Crippen molar-refractivity contribution < 1.29 is 9.59 Å². The van der Waals surface area contributed by atoms with Crippen LogP contribution in [0.3, 0.4) is 0 Å². The molecular formula is C9H15NO2S. The second-order valence-corrected chi connectivity index (χ2v) is 3.67. The van der Waals surface area contributed by atoms with Crippen LogP contribution in [0, 0.1) is 0 Å². The second-order valence-electron chi connectivity index (χ2n) is 3.22. The van der Waals surface area contributed by atoms with Crippen LogP contribution in [0.5, 0.6) is 0 Å². The number of carbonyl (C=O) groups excluding carboxylic acids is 2. The van der Waals surface area contributed by atoms with E-state index in [0.717, 1.165) is 25.0 Å². The molecule has 1 heterocycles. The molecule has 4 heteroatoms. The normalized spacial score (nSPS) is 19.0. The Hall–Kier alpha value is -0.510. The molecule has 1 saturated heterocycles. The summed E-state index contributed by atoms with van der Waals surface area (Å²) in [5.74, 6) is 0.699. The summed E-state index contributed by atoms with van der Waals surface area (Å²) in [7, 11) is 0. The van der Waals surface area contributed by atoms with Crippen LogP contribution >= 0.6 is 12.6 Å². The standard InChI is InChI=1S/C9H15NO2S/c11-8-4-1-2-5-9(12)10(8)6-3-7-13/h13H,1-7H2. The van der Waals surface area contributed by atoms with Gasteiger partial charge in [-0.25, -0.2) is 0 Å². The van der Waals surface area contributed by atoms with E-state index < -0.39 is 0 Å². The van der Waals surface area contributed by atoms with Gasteiger partial charge in [0, 0.05) is 19.4 Å². The lowest BCUT2D eigenvalue weighted by molar-refractivity contribution is -0.143. The molecule has 1 aliphatic heterocycles. The van der Waals surface area contributed by atoms with Gasteiger partial charge < -0.3 is 0 Å². The molecule has 1 aliphatic rings. The number of nitrogens with zero attached hydrogens (tertiary/aromatic N) is 1. The number of carbonyl (C=O) groups is 2. The summed E-state index contributed by atoms with van der Waals surface area (Å²) in [6.07, 6.45) is 3.54. The van der Waals surface area contributed by atoms with Crippen LogP contribution in [0.1, 0.15) is 32.1 Å². The van der Waals surface area contributed by atoms with Gasteiger partial charge in [-0.3, -0.25) is 14.5 Å². The van der Waals surface area contributed by atoms with Crippen LogP contribution in [-0.4, -0.2) is 29.0 Å². The number of imide groups is 1. The van der Waals surface area contributed by atoms with Crippen LogP contribution in [-0.2, 0) is 9.59 Å². The molecule has 2 amide bonds. The molecule has 0 aliphatic carbocycles. The van der Waals surface area contributed by atoms with Crippen LogP contribution in [0.2, 0.25) is 0 Å². The monoisotopic (exact) mass is 201 g/mol. The van der Waals surface area contributed by atoms with E-state index in [-0.39, 0.29) is 11.8 Å². The van der Waals surface area contributed by atoms with Crippen molar-refractivity contribution in [3.8, 4) is 0 Å². The number of hydrogen-bond acceptors (Lipinski definition) is 3. The van der Waals surface area contributed by atoms with Crippen molar-refractivity contribution in [1.82, 2.24) is 4.90 Å². The maximum absolute atomic E-state index is 11.4. The Labute approximate surface area is 83.9 Å². The molecular weight excluding hydrogens is 186 g/mol. The fraction of sp³-hybridized carbons (Fsp3) is 0.778. The average molecular weight is 201 g/mol. The minimum Gasteiger partial charge on any atom is -0.283 e. The Morgan fingerprint density at radius 3 is 2.15 bits per heavy atom. The predicted molar refractivity (Wildman–Crippen MR) is 53.7 cm³/mol. The predicted octanol–water partition coefficient (Wildman–Crippen LogP) is 1.24. The van der Waals surface area contributed by atoms with Gasteiger partial charge in [0.15, 0.2) is 0 Å². The maximum Gasteiger partial charge on any atom is 0.229 e. The van der Waals surface area contributed by atoms with E-state index in [4.69, 9.17) is 0 Å². The SMILES string of the molecule is O=C1CCCCC(=O)N1CCCS. The van der Waals surface area contributed by atoms with E-state index in [9.17, 15) is 9.59 Å². The van der Waals surface area contributed by atoms with E-state index in [1.54, 1.807) is 0 Å². The van der Waals surface area contributed by atoms with Crippen molar-refractivity contribution in [2.24, 2.45) is 0 Å². The smallest absolute Gasteiger partial charge is 0.229 e. The number of thiol groups is 1. The van der Waals surface area contributed by atoms with Crippen molar-refractivity contribution in [3.05, 3.63) is 0 Å². The number of likely N-dealkylation sites (tertiary alicyclic amines) is 1. The van der Waals surface area contributed by atoms with Crippen molar-refractivity contribution in [2.75, 3.05) is 12.3 Å². The first-order valence-electron chi connectivity index (χ1n) is 4.70. The molecule has 0 unspecified atom stereocenters. The molecule has 0 radical (unpaired) electrons. The van der Waals surface area contributed by atoms with E-state index in [1.165, 1.54) is 4.90 Å². The van der Waals surface area contributed by atoms with Crippen LogP contribution in [0.4, 0.5) is 0 Å². The first kappa shape index (κ1) is 10.6. The van der Waals surface area contributed by atoms with Crippen molar-refractivity contribution in [2.45, 2.75) is 32.1 Å². The highest BCUT2D eigenvalue weighted by atomic mass is 32.1. The van der Waals surface area contributed by atoms with Gasteiger partial charge in [0.2, 0.25) is 11.8 Å². The Kier molecular flexibility index (Phi) is 4.28. The number of amides is 2. The molecule has 13 heavy (non-hydrogen) atoms. The molecule has 0 spiro atoms. The van der Waals surface area contributed by atoms with E-state index in [1.807, 2.05) is 0 Å². The summed E-state index contributed by atoms with van der Waals surface area (Å²) >= 11 is 4.06. The van der Waals surface area contributed by atoms with Gasteiger partial charge in [-0.1, -0.05) is 0 Å². The van der Waals surface area contributed by atoms with Gasteiger partial charge in [-0.2, -0.15) is 12.6 Å². The van der Waals surface area contributed by atoms with Crippen molar-refractivity contribution in [1.29, 1.82) is 0 Å². The Morgan fingerprint density at radius 1 is 1.15 bits per heavy atom. The fourth-order valence-electron chi connectivity index (χ4n) is 1.44. The molecule has 3 nitrogen and oxygen atoms in total. The highest BCUT2D eigenvalue weighted by Gasteiger charge is 2.22. The third-order valence-electron chi connectivity index (χ3n) is 2.17. The van der Waals surface area contributed by atoms with E-state index in [2.05, 4.69) is 12.6 Å². The minimum atomic E-state index is -0.00992. The summed E-state index contributed by atoms with van der Waals surface area (Å²) in [5.41, 5.74) is 0. The first-order valence-corrected chi connectivity index (χ1v) is 5.33. The minimum absolute atomic E-state index is 0.00992. The molecule has 1 fully saturated rings. The van der Waals surface area contributed by atoms with Gasteiger partial charge in [0.05, 0.1) is 0 Å². The Bertz CT molecular complexity index is 188.